The number of hydrogen-bond acceptors (Lipinski definition) is 4. The number of nitrogens with zero attached hydrogens (tertiary/aromatic N) is 2. The molecule has 2 aromatic carbocycles. The molecule has 208 valence electrons. The SMILES string of the molecule is CC(C)C(=O)N1CC=C[C@H]1C(=O)Nc1ccc(/C=C/c2ccc(NC(=O)[C@@H]3C=CCN3C(=O)C(C)C)cc2)cc1. The number of nitrogens with one attached hydrogen (secondary N) is 2. The molecular formula is C32H36N4O4. The van der Waals surface area contributed by atoms with E-state index in [0.29, 0.717) is 24.5 Å². The van der Waals surface area contributed by atoms with E-state index in [2.05, 4.69) is 10.6 Å². The van der Waals surface area contributed by atoms with E-state index < -0.39 is 12.1 Å². The molecule has 2 heterocycles. The molecule has 2 aliphatic heterocycles. The van der Waals surface area contributed by atoms with Crippen LogP contribution >= 0.6 is 0 Å². The minimum absolute atomic E-state index is 0.0446. The first-order chi connectivity index (χ1) is 19.1. The lowest BCUT2D eigenvalue weighted by molar-refractivity contribution is -0.138. The molecule has 0 aliphatic carbocycles. The van der Waals surface area contributed by atoms with Crippen molar-refractivity contribution in [3.8, 4) is 0 Å². The molecule has 0 unspecified atom stereocenters. The minimum Gasteiger partial charge on any atom is -0.324 e. The number of amides is 4. The lowest BCUT2D eigenvalue weighted by Crippen LogP contribution is -2.45. The number of anilines is 2. The average molecular weight is 541 g/mol. The third kappa shape index (κ3) is 6.75. The van der Waals surface area contributed by atoms with Gasteiger partial charge in [0.2, 0.25) is 11.8 Å². The second-order valence-electron chi connectivity index (χ2n) is 10.6. The molecule has 0 saturated carbocycles. The maximum absolute atomic E-state index is 12.8. The van der Waals surface area contributed by atoms with Crippen LogP contribution in [0.15, 0.2) is 72.8 Å². The standard InChI is InChI=1S/C32H36N4O4/c1-21(2)31(39)35-19-5-7-27(35)29(37)33-25-15-11-23(12-16-25)9-10-24-13-17-26(18-14-24)34-30(38)28-8-6-20-36(28)32(40)22(3)4/h5-18,21-22,27-28H,19-20H2,1-4H3,(H,33,37)(H,34,38)/b10-9+/t27-,28-/m0/s1. The van der Waals surface area contributed by atoms with Gasteiger partial charge in [0.1, 0.15) is 12.1 Å². The summed E-state index contributed by atoms with van der Waals surface area (Å²) in [6.45, 7) is 8.20. The van der Waals surface area contributed by atoms with Gasteiger partial charge in [-0.25, -0.2) is 0 Å². The van der Waals surface area contributed by atoms with E-state index in [1.165, 1.54) is 0 Å². The van der Waals surface area contributed by atoms with Crippen molar-refractivity contribution in [2.24, 2.45) is 11.8 Å². The van der Waals surface area contributed by atoms with Crippen molar-refractivity contribution in [2.45, 2.75) is 39.8 Å². The molecule has 0 bridgehead atoms. The zero-order valence-corrected chi connectivity index (χ0v) is 23.3. The van der Waals surface area contributed by atoms with E-state index in [1.807, 2.05) is 101 Å². The Morgan fingerprint density at radius 1 is 0.650 bits per heavy atom. The van der Waals surface area contributed by atoms with Crippen molar-refractivity contribution < 1.29 is 19.2 Å². The lowest BCUT2D eigenvalue weighted by Gasteiger charge is -2.25. The van der Waals surface area contributed by atoms with Crippen LogP contribution < -0.4 is 10.6 Å². The maximum Gasteiger partial charge on any atom is 0.251 e. The fraction of sp³-hybridized carbons (Fsp3) is 0.312. The summed E-state index contributed by atoms with van der Waals surface area (Å²) >= 11 is 0. The molecular weight excluding hydrogens is 504 g/mol. The first-order valence-electron chi connectivity index (χ1n) is 13.6. The first-order valence-corrected chi connectivity index (χ1v) is 13.6. The zero-order chi connectivity index (χ0) is 28.8. The van der Waals surface area contributed by atoms with Gasteiger partial charge in [0.05, 0.1) is 0 Å². The Morgan fingerprint density at radius 3 is 1.32 bits per heavy atom. The van der Waals surface area contributed by atoms with Crippen molar-refractivity contribution in [1.82, 2.24) is 9.80 Å². The number of carbonyl (C=O) groups is 4. The molecule has 2 aromatic rings. The van der Waals surface area contributed by atoms with Crippen LogP contribution in [0.1, 0.15) is 38.8 Å². The van der Waals surface area contributed by atoms with Crippen LogP contribution in [0, 0.1) is 11.8 Å². The topological polar surface area (TPSA) is 98.8 Å². The summed E-state index contributed by atoms with van der Waals surface area (Å²) in [4.78, 5) is 53.5. The summed E-state index contributed by atoms with van der Waals surface area (Å²) < 4.78 is 0. The van der Waals surface area contributed by atoms with Crippen LogP contribution in [0.25, 0.3) is 12.2 Å². The van der Waals surface area contributed by atoms with E-state index >= 15 is 0 Å². The van der Waals surface area contributed by atoms with Crippen molar-refractivity contribution >= 4 is 47.2 Å². The summed E-state index contributed by atoms with van der Waals surface area (Å²) in [5.41, 5.74) is 3.22. The van der Waals surface area contributed by atoms with Gasteiger partial charge in [-0.05, 0) is 35.4 Å². The van der Waals surface area contributed by atoms with Gasteiger partial charge >= 0.3 is 0 Å². The van der Waals surface area contributed by atoms with E-state index in [1.54, 1.807) is 22.0 Å². The number of hydrogen-bond donors (Lipinski definition) is 2. The monoisotopic (exact) mass is 540 g/mol. The Kier molecular flexibility index (Phi) is 8.99. The molecule has 40 heavy (non-hydrogen) atoms. The predicted octanol–water partition coefficient (Wildman–Crippen LogP) is 4.58. The van der Waals surface area contributed by atoms with Crippen molar-refractivity contribution in [2.75, 3.05) is 23.7 Å². The zero-order valence-electron chi connectivity index (χ0n) is 23.3. The van der Waals surface area contributed by atoms with Gasteiger partial charge < -0.3 is 20.4 Å². The molecule has 0 aromatic heterocycles. The molecule has 4 rings (SSSR count). The van der Waals surface area contributed by atoms with Crippen LogP contribution in [0.3, 0.4) is 0 Å². The fourth-order valence-corrected chi connectivity index (χ4v) is 4.60. The molecule has 2 N–H and O–H groups in total. The van der Waals surface area contributed by atoms with Gasteiger partial charge in [-0.15, -0.1) is 0 Å². The van der Waals surface area contributed by atoms with Gasteiger partial charge in [0, 0.05) is 36.3 Å². The van der Waals surface area contributed by atoms with Crippen LogP contribution in [0.5, 0.6) is 0 Å². The van der Waals surface area contributed by atoms with Gasteiger partial charge in [-0.1, -0.05) is 88.4 Å². The fourth-order valence-electron chi connectivity index (χ4n) is 4.60. The molecule has 2 aliphatic rings. The Balaban J connectivity index is 1.31. The minimum atomic E-state index is -0.599. The Morgan fingerprint density at radius 2 is 1.00 bits per heavy atom. The largest absolute Gasteiger partial charge is 0.324 e. The van der Waals surface area contributed by atoms with Crippen molar-refractivity contribution in [1.29, 1.82) is 0 Å². The van der Waals surface area contributed by atoms with Crippen molar-refractivity contribution in [3.05, 3.63) is 84.0 Å². The second kappa shape index (κ2) is 12.6. The van der Waals surface area contributed by atoms with Crippen LogP contribution in [0.2, 0.25) is 0 Å². The molecule has 0 radical (unpaired) electrons. The highest BCUT2D eigenvalue weighted by Crippen LogP contribution is 2.20. The van der Waals surface area contributed by atoms with Gasteiger partial charge in [0.25, 0.3) is 11.8 Å². The van der Waals surface area contributed by atoms with Gasteiger partial charge in [0.15, 0.2) is 0 Å². The molecule has 0 saturated heterocycles. The summed E-state index contributed by atoms with van der Waals surface area (Å²) in [6.07, 6.45) is 11.1. The highest BCUT2D eigenvalue weighted by atomic mass is 16.2. The molecule has 0 fully saturated rings. The molecule has 4 amide bonds. The Labute approximate surface area is 235 Å². The number of carbonyl (C=O) groups excluding carboxylic acids is 4. The van der Waals surface area contributed by atoms with E-state index in [4.69, 9.17) is 0 Å². The van der Waals surface area contributed by atoms with Crippen LogP contribution in [0.4, 0.5) is 11.4 Å². The van der Waals surface area contributed by atoms with Gasteiger partial charge in [-0.2, -0.15) is 0 Å². The summed E-state index contributed by atoms with van der Waals surface area (Å²) in [7, 11) is 0. The highest BCUT2D eigenvalue weighted by molar-refractivity contribution is 6.00. The van der Waals surface area contributed by atoms with E-state index in [-0.39, 0.29) is 35.5 Å². The second-order valence-corrected chi connectivity index (χ2v) is 10.6. The maximum atomic E-state index is 12.8. The number of rotatable bonds is 8. The van der Waals surface area contributed by atoms with E-state index in [9.17, 15) is 19.2 Å². The molecule has 0 spiro atoms. The third-order valence-corrected chi connectivity index (χ3v) is 6.83. The number of benzene rings is 2. The van der Waals surface area contributed by atoms with Gasteiger partial charge in [-0.3, -0.25) is 19.2 Å². The van der Waals surface area contributed by atoms with E-state index in [0.717, 1.165) is 11.1 Å². The molecule has 8 heteroatoms. The first kappa shape index (κ1) is 28.5. The lowest BCUT2D eigenvalue weighted by atomic mass is 10.1. The highest BCUT2D eigenvalue weighted by Gasteiger charge is 2.32. The molecule has 8 nitrogen and oxygen atoms in total. The molecule has 2 atom stereocenters. The third-order valence-electron chi connectivity index (χ3n) is 6.83. The Bertz CT molecular complexity index is 1240. The predicted molar refractivity (Wildman–Crippen MR) is 158 cm³/mol. The average Bonchev–Trinajstić information content (AvgIpc) is 3.63. The normalized spacial score (nSPS) is 18.2. The summed E-state index contributed by atoms with van der Waals surface area (Å²) in [5, 5.41) is 5.79. The quantitative estimate of drug-likeness (QED) is 0.378. The smallest absolute Gasteiger partial charge is 0.251 e. The van der Waals surface area contributed by atoms with Crippen LogP contribution in [-0.4, -0.2) is 58.6 Å². The van der Waals surface area contributed by atoms with Crippen molar-refractivity contribution in [3.63, 3.8) is 0 Å². The summed E-state index contributed by atoms with van der Waals surface area (Å²) in [6, 6.07) is 13.7. The van der Waals surface area contributed by atoms with Crippen LogP contribution in [-0.2, 0) is 19.2 Å². The Hall–Kier alpha value is -4.46. The summed E-state index contributed by atoms with van der Waals surface area (Å²) in [5.74, 6) is -0.896.